The molecule has 90 valence electrons. The lowest BCUT2D eigenvalue weighted by atomic mass is 9.91. The Morgan fingerprint density at radius 2 is 1.60 bits per heavy atom. The molecular weight excluding hydrogens is 211 g/mol. The van der Waals surface area contributed by atoms with Crippen LogP contribution in [0.5, 0.6) is 0 Å². The quantitative estimate of drug-likeness (QED) is 0.634. The third kappa shape index (κ3) is 5.05. The molecule has 15 heavy (non-hydrogen) atoms. The van der Waals surface area contributed by atoms with Gasteiger partial charge in [0.2, 0.25) is 0 Å². The normalized spacial score (nSPS) is 16.5. The number of aliphatic hydroxyl groups is 1. The van der Waals surface area contributed by atoms with Crippen molar-refractivity contribution in [3.05, 3.63) is 0 Å². The molecule has 0 heterocycles. The van der Waals surface area contributed by atoms with Crippen molar-refractivity contribution in [1.29, 1.82) is 0 Å². The van der Waals surface area contributed by atoms with Crippen molar-refractivity contribution >= 4 is 8.03 Å². The zero-order valence-corrected chi connectivity index (χ0v) is 11.0. The van der Waals surface area contributed by atoms with Crippen LogP contribution in [-0.4, -0.2) is 15.3 Å². The lowest BCUT2D eigenvalue weighted by Gasteiger charge is -2.22. The fourth-order valence-corrected chi connectivity index (χ4v) is 2.32. The lowest BCUT2D eigenvalue weighted by Crippen LogP contribution is -2.30. The molecule has 0 aromatic rings. The van der Waals surface area contributed by atoms with Gasteiger partial charge in [-0.15, -0.1) is 0 Å². The van der Waals surface area contributed by atoms with E-state index in [1.165, 1.54) is 6.92 Å². The molecule has 0 amide bonds. The molecule has 0 rings (SSSR count). The Bertz CT molecular complexity index is 184. The van der Waals surface area contributed by atoms with Crippen LogP contribution in [0, 0.1) is 5.92 Å². The van der Waals surface area contributed by atoms with Crippen LogP contribution < -0.4 is 0 Å². The molecule has 2 atom stereocenters. The maximum atomic E-state index is 11.1. The third-order valence-corrected chi connectivity index (χ3v) is 4.11. The second-order valence-electron chi connectivity index (χ2n) is 4.35. The van der Waals surface area contributed by atoms with Gasteiger partial charge in [-0.25, -0.2) is 0 Å². The van der Waals surface area contributed by atoms with Crippen molar-refractivity contribution in [2.45, 2.75) is 64.6 Å². The number of hydrogen-bond acceptors (Lipinski definition) is 2. The van der Waals surface area contributed by atoms with E-state index in [0.717, 1.165) is 38.5 Å². The molecule has 3 nitrogen and oxygen atoms in total. The van der Waals surface area contributed by atoms with Gasteiger partial charge in [0.25, 0.3) is 5.34 Å². The van der Waals surface area contributed by atoms with Gasteiger partial charge in [-0.3, -0.25) is 0 Å². The highest BCUT2D eigenvalue weighted by atomic mass is 31.1. The van der Waals surface area contributed by atoms with Crippen molar-refractivity contribution in [3.63, 3.8) is 0 Å². The van der Waals surface area contributed by atoms with E-state index in [-0.39, 0.29) is 5.92 Å². The highest BCUT2D eigenvalue weighted by Gasteiger charge is 2.48. The summed E-state index contributed by atoms with van der Waals surface area (Å²) in [5.41, 5.74) is 0. The van der Waals surface area contributed by atoms with Crippen molar-refractivity contribution in [2.24, 2.45) is 5.92 Å². The summed E-state index contributed by atoms with van der Waals surface area (Å²) in [4.78, 5) is 9.11. The van der Waals surface area contributed by atoms with Crippen LogP contribution in [0.1, 0.15) is 59.3 Å². The van der Waals surface area contributed by atoms with Crippen LogP contribution in [0.15, 0.2) is 0 Å². The highest BCUT2D eigenvalue weighted by molar-refractivity contribution is 7.39. The van der Waals surface area contributed by atoms with Gasteiger partial charge in [0.05, 0.1) is 0 Å². The maximum absolute atomic E-state index is 11.1. The SMILES string of the molecule is CCCCC(CCCC)C(C)(O)[P+](=O)O. The molecule has 2 N–H and O–H groups in total. The molecule has 0 aliphatic rings. The van der Waals surface area contributed by atoms with E-state index in [1.807, 2.05) is 0 Å². The van der Waals surface area contributed by atoms with E-state index in [2.05, 4.69) is 13.8 Å². The second-order valence-corrected chi connectivity index (χ2v) is 5.80. The fourth-order valence-electron chi connectivity index (χ4n) is 1.75. The Hall–Kier alpha value is 0.0200. The Balaban J connectivity index is 4.38. The number of hydrogen-bond donors (Lipinski definition) is 2. The molecule has 0 aromatic carbocycles. The van der Waals surface area contributed by atoms with Gasteiger partial charge in [0, 0.05) is 12.8 Å². The van der Waals surface area contributed by atoms with E-state index < -0.39 is 13.4 Å². The van der Waals surface area contributed by atoms with E-state index in [9.17, 15) is 9.67 Å². The molecule has 2 unspecified atom stereocenters. The van der Waals surface area contributed by atoms with Gasteiger partial charge in [0.1, 0.15) is 0 Å². The Morgan fingerprint density at radius 3 is 1.87 bits per heavy atom. The molecule has 0 fully saturated rings. The summed E-state index contributed by atoms with van der Waals surface area (Å²) >= 11 is 0. The molecule has 0 radical (unpaired) electrons. The minimum absolute atomic E-state index is 0.0500. The van der Waals surface area contributed by atoms with Gasteiger partial charge in [-0.2, -0.15) is 4.89 Å². The summed E-state index contributed by atoms with van der Waals surface area (Å²) in [7, 11) is -2.51. The van der Waals surface area contributed by atoms with Crippen LogP contribution in [0.3, 0.4) is 0 Å². The number of rotatable bonds is 8. The smallest absolute Gasteiger partial charge is 0.346 e. The first-order valence-electron chi connectivity index (χ1n) is 5.85. The Labute approximate surface area is 93.8 Å². The molecule has 0 aromatic heterocycles. The molecule has 0 saturated heterocycles. The van der Waals surface area contributed by atoms with E-state index >= 15 is 0 Å². The van der Waals surface area contributed by atoms with Crippen molar-refractivity contribution in [1.82, 2.24) is 0 Å². The molecule has 0 aliphatic heterocycles. The van der Waals surface area contributed by atoms with Crippen LogP contribution in [-0.2, 0) is 4.57 Å². The van der Waals surface area contributed by atoms with Crippen LogP contribution in [0.25, 0.3) is 0 Å². The van der Waals surface area contributed by atoms with Crippen molar-refractivity contribution in [2.75, 3.05) is 0 Å². The van der Waals surface area contributed by atoms with E-state index in [1.54, 1.807) is 0 Å². The summed E-state index contributed by atoms with van der Waals surface area (Å²) in [5.74, 6) is -0.0500. The minimum Gasteiger partial charge on any atom is -0.346 e. The predicted molar refractivity (Wildman–Crippen MR) is 63.0 cm³/mol. The van der Waals surface area contributed by atoms with Crippen LogP contribution >= 0.6 is 8.03 Å². The average molecular weight is 235 g/mol. The first-order chi connectivity index (χ1) is 6.96. The lowest BCUT2D eigenvalue weighted by molar-refractivity contribution is 0.0594. The van der Waals surface area contributed by atoms with Gasteiger partial charge in [-0.05, 0) is 17.4 Å². The Morgan fingerprint density at radius 1 is 1.20 bits per heavy atom. The zero-order chi connectivity index (χ0) is 11.9. The van der Waals surface area contributed by atoms with Crippen molar-refractivity contribution in [3.8, 4) is 0 Å². The second kappa shape index (κ2) is 7.32. The summed E-state index contributed by atoms with van der Waals surface area (Å²) in [5, 5.41) is 8.55. The highest BCUT2D eigenvalue weighted by Crippen LogP contribution is 2.43. The van der Waals surface area contributed by atoms with Gasteiger partial charge >= 0.3 is 8.03 Å². The van der Waals surface area contributed by atoms with Crippen molar-refractivity contribution < 1.29 is 14.6 Å². The standard InChI is InChI=1S/C11H23O3P/c1-4-6-8-10(9-7-5-2)11(3,12)15(13)14/h10,12H,4-9H2,1-3H3/p+1. The van der Waals surface area contributed by atoms with Crippen LogP contribution in [0.2, 0.25) is 0 Å². The average Bonchev–Trinajstić information content (AvgIpc) is 2.17. The summed E-state index contributed by atoms with van der Waals surface area (Å²) in [6.45, 7) is 5.66. The van der Waals surface area contributed by atoms with E-state index in [0.29, 0.717) is 0 Å². The molecular formula is C11H24O3P+. The monoisotopic (exact) mass is 235 g/mol. The van der Waals surface area contributed by atoms with E-state index in [4.69, 9.17) is 4.89 Å². The largest absolute Gasteiger partial charge is 0.540 e. The molecule has 0 spiro atoms. The zero-order valence-electron chi connectivity index (χ0n) is 10.1. The molecule has 4 heteroatoms. The molecule has 0 aliphatic carbocycles. The molecule has 0 bridgehead atoms. The number of unbranched alkanes of at least 4 members (excludes halogenated alkanes) is 2. The first-order valence-corrected chi connectivity index (χ1v) is 7.06. The summed E-state index contributed by atoms with van der Waals surface area (Å²) in [6, 6.07) is 0. The topological polar surface area (TPSA) is 57.5 Å². The Kier molecular flexibility index (Phi) is 7.33. The first kappa shape index (κ1) is 15.0. The summed E-state index contributed by atoms with van der Waals surface area (Å²) < 4.78 is 11.1. The maximum Gasteiger partial charge on any atom is 0.540 e. The predicted octanol–water partition coefficient (Wildman–Crippen LogP) is 3.43. The fraction of sp³-hybridized carbons (Fsp3) is 1.00. The summed E-state index contributed by atoms with van der Waals surface area (Å²) in [6.07, 6.45) is 5.81. The molecule has 0 saturated carbocycles. The van der Waals surface area contributed by atoms with Gasteiger partial charge in [0.15, 0.2) is 0 Å². The van der Waals surface area contributed by atoms with Crippen LogP contribution in [0.4, 0.5) is 0 Å². The third-order valence-electron chi connectivity index (χ3n) is 2.97. The minimum atomic E-state index is -2.51. The van der Waals surface area contributed by atoms with Gasteiger partial charge < -0.3 is 5.11 Å². The van der Waals surface area contributed by atoms with Gasteiger partial charge in [-0.1, -0.05) is 39.5 Å².